The van der Waals surface area contributed by atoms with Gasteiger partial charge in [0, 0.05) is 10.1 Å². The molecule has 0 unspecified atom stereocenters. The number of ether oxygens (including phenoxy) is 1. The third kappa shape index (κ3) is 2.37. The van der Waals surface area contributed by atoms with Gasteiger partial charge in [-0.1, -0.05) is 0 Å². The Kier molecular flexibility index (Phi) is 5.44. The van der Waals surface area contributed by atoms with Crippen LogP contribution in [-0.2, 0) is 16.3 Å². The second-order valence-corrected chi connectivity index (χ2v) is 9.36. The van der Waals surface area contributed by atoms with E-state index < -0.39 is 110 Å². The van der Waals surface area contributed by atoms with Crippen molar-refractivity contribution in [2.45, 2.75) is 53.4 Å². The summed E-state index contributed by atoms with van der Waals surface area (Å²) in [5, 5.41) is 0. The molecule has 5 atom stereocenters. The van der Waals surface area contributed by atoms with Crippen LogP contribution in [-0.4, -0.2) is 46.6 Å². The van der Waals surface area contributed by atoms with Crippen molar-refractivity contribution in [1.82, 2.24) is 0 Å². The molecule has 0 radical (unpaired) electrons. The summed E-state index contributed by atoms with van der Waals surface area (Å²) in [5.74, 6) is -66.5. The molecule has 0 aromatic heterocycles. The molecule has 2 aliphatic carbocycles. The number of hydrogen-bond acceptors (Lipinski definition) is 3. The number of halogens is 21. The minimum absolute atomic E-state index is 1.98. The molecule has 0 N–H and O–H groups in total. The highest BCUT2D eigenvalue weighted by atomic mass is 19.4. The van der Waals surface area contributed by atoms with Crippen LogP contribution in [0.3, 0.4) is 0 Å². The van der Waals surface area contributed by atoms with Crippen molar-refractivity contribution in [2.75, 3.05) is 0 Å². The minimum Gasteiger partial charge on any atom is -0.446 e. The number of piperidine rings is 1. The van der Waals surface area contributed by atoms with Gasteiger partial charge in [0.05, 0.1) is 5.56 Å². The molecule has 2 heterocycles. The lowest BCUT2D eigenvalue weighted by Crippen LogP contribution is -2.98. The zero-order valence-corrected chi connectivity index (χ0v) is 18.7. The zero-order chi connectivity index (χ0) is 33.3. The zero-order valence-electron chi connectivity index (χ0n) is 18.7. The molecule has 1 fully saturated rings. The molecule has 1 aromatic rings. The van der Waals surface area contributed by atoms with E-state index in [9.17, 15) is 48.6 Å². The van der Waals surface area contributed by atoms with Crippen molar-refractivity contribution < 1.29 is 112 Å². The number of hydrogen-bond donors (Lipinski definition) is 0. The predicted octanol–water partition coefficient (Wildman–Crippen LogP) is 7.74. The monoisotopic (exact) mass is 678 g/mol. The van der Waals surface area contributed by atoms with E-state index in [-0.39, 0.29) is 0 Å². The molecule has 25 heteroatoms. The number of quaternary nitrogens is 1. The van der Waals surface area contributed by atoms with Gasteiger partial charge in [0.15, 0.2) is 22.8 Å². The van der Waals surface area contributed by atoms with Gasteiger partial charge in [-0.2, -0.15) is 35.1 Å². The Balaban J connectivity index is 2.28. The maximum atomic E-state index is 16.6. The lowest BCUT2D eigenvalue weighted by molar-refractivity contribution is -1.22. The second-order valence-electron chi connectivity index (χ2n) is 9.36. The van der Waals surface area contributed by atoms with Crippen LogP contribution in [0, 0.1) is 17.6 Å². The second kappa shape index (κ2) is 7.44. The Labute approximate surface area is 218 Å². The van der Waals surface area contributed by atoms with Crippen LogP contribution in [0.1, 0.15) is 11.1 Å². The highest BCUT2D eigenvalue weighted by molar-refractivity contribution is 5.68. The Morgan fingerprint density at radius 3 is 1.63 bits per heavy atom. The SMILES string of the molecule is FOc1c(F)c(F)c2c3c1O[C@@]1(F)[C@@](F)(OF)C(F)=C(F)[C@H]4[C@@](F)(C2(F)F)[N+](C(F)(F)F)(C(F)(F)F)C(F)(F)C(F)(F)[C@@]341. The van der Waals surface area contributed by atoms with Gasteiger partial charge in [-0.05, 0) is 9.01 Å². The third-order valence-electron chi connectivity index (χ3n) is 7.89. The molecule has 1 aromatic carbocycles. The molecule has 1 spiro atoms. The smallest absolute Gasteiger partial charge is 0.446 e. The van der Waals surface area contributed by atoms with E-state index in [1.54, 1.807) is 0 Å². The number of benzene rings is 1. The molecule has 5 rings (SSSR count). The van der Waals surface area contributed by atoms with Crippen molar-refractivity contribution in [2.24, 2.45) is 5.92 Å². The van der Waals surface area contributed by atoms with Gasteiger partial charge >= 0.3 is 48.0 Å². The first-order chi connectivity index (χ1) is 19.1. The summed E-state index contributed by atoms with van der Waals surface area (Å²) in [4.78, 5) is 4.46. The summed E-state index contributed by atoms with van der Waals surface area (Å²) in [7, 11) is 0. The number of alkyl halides is 15. The van der Waals surface area contributed by atoms with Crippen LogP contribution in [0.15, 0.2) is 11.7 Å². The van der Waals surface area contributed by atoms with Gasteiger partial charge in [0.2, 0.25) is 11.6 Å². The Morgan fingerprint density at radius 2 is 1.21 bits per heavy atom. The fourth-order valence-electron chi connectivity index (χ4n) is 6.45. The molecule has 4 aliphatic rings. The predicted molar refractivity (Wildman–Crippen MR) is 83.0 cm³/mol. The molecule has 242 valence electrons. The molecule has 4 nitrogen and oxygen atoms in total. The summed E-state index contributed by atoms with van der Waals surface area (Å²) in [6, 6.07) is -8.77. The summed E-state index contributed by atoms with van der Waals surface area (Å²) < 4.78 is 309. The standard InChI is InChI=1S/C18HF21NO3/c19-3-1-2-6(7(42-38)4(3)20)41-15(29)10(2)8(5(21)9(22)13(15,26)43-39)12(25,11(1,23)24)40(17(32,33)34,18(35,36)37)16(30,31)14(10,27)28/h8H/q+1/t8-,10-,12+,13+,15-/m1/s1. The highest BCUT2D eigenvalue weighted by Crippen LogP contribution is 2.86. The topological polar surface area (TPSA) is 27.7 Å². The normalized spacial score (nSPS) is 38.0. The van der Waals surface area contributed by atoms with Gasteiger partial charge in [-0.15, -0.1) is 40.1 Å². The van der Waals surface area contributed by atoms with Gasteiger partial charge in [0.25, 0.3) is 5.75 Å². The minimum atomic E-state index is -8.77. The van der Waals surface area contributed by atoms with Gasteiger partial charge in [0.1, 0.15) is 5.92 Å². The summed E-state index contributed by atoms with van der Waals surface area (Å²) in [6.45, 7) is 0. The Morgan fingerprint density at radius 1 is 0.721 bits per heavy atom. The molecule has 0 amide bonds. The Hall–Kier alpha value is -2.99. The third-order valence-corrected chi connectivity index (χ3v) is 7.89. The first-order valence-corrected chi connectivity index (χ1v) is 10.2. The van der Waals surface area contributed by atoms with E-state index in [1.807, 2.05) is 4.94 Å². The van der Waals surface area contributed by atoms with Crippen LogP contribution in [0.5, 0.6) is 11.5 Å². The molecular formula is C18HF21NO3+. The van der Waals surface area contributed by atoms with E-state index in [0.29, 0.717) is 0 Å². The molecule has 43 heavy (non-hydrogen) atoms. The van der Waals surface area contributed by atoms with E-state index in [4.69, 9.17) is 0 Å². The lowest BCUT2D eigenvalue weighted by atomic mass is 9.46. The van der Waals surface area contributed by atoms with Crippen LogP contribution in [0.2, 0.25) is 0 Å². The van der Waals surface area contributed by atoms with Crippen LogP contribution < -0.4 is 9.68 Å². The summed E-state index contributed by atoms with van der Waals surface area (Å²) >= 11 is 0. The Bertz CT molecular complexity index is 1490. The van der Waals surface area contributed by atoms with Crippen LogP contribution in [0.4, 0.5) is 92.5 Å². The number of nitrogens with zero attached hydrogens (tertiary/aromatic N) is 1. The summed E-state index contributed by atoms with van der Waals surface area (Å²) in [6.07, 6.45) is -17.3. The molecule has 2 bridgehead atoms. The van der Waals surface area contributed by atoms with Gasteiger partial charge in [-0.3, -0.25) is 4.94 Å². The molecule has 0 saturated carbocycles. The average Bonchev–Trinajstić information content (AvgIpc) is 3.11. The van der Waals surface area contributed by atoms with Gasteiger partial charge < -0.3 is 4.74 Å². The largest absolute Gasteiger partial charge is 0.576 e. The first kappa shape index (κ1) is 31.4. The fraction of sp³-hybridized carbons (Fsp3) is 0.556. The average molecular weight is 678 g/mol. The fourth-order valence-corrected chi connectivity index (χ4v) is 6.45. The highest BCUT2D eigenvalue weighted by Gasteiger charge is 3.13. The molecule has 2 aliphatic heterocycles. The van der Waals surface area contributed by atoms with E-state index in [1.165, 1.54) is 0 Å². The number of rotatable bonds is 2. The summed E-state index contributed by atoms with van der Waals surface area (Å²) in [5.41, 5.74) is -14.5. The van der Waals surface area contributed by atoms with Crippen molar-refractivity contribution in [3.8, 4) is 11.5 Å². The molecular weight excluding hydrogens is 677 g/mol. The van der Waals surface area contributed by atoms with Gasteiger partial charge in [-0.25, -0.2) is 13.2 Å². The maximum absolute atomic E-state index is 16.6. The van der Waals surface area contributed by atoms with Crippen molar-refractivity contribution in [1.29, 1.82) is 0 Å². The van der Waals surface area contributed by atoms with Crippen molar-refractivity contribution in [3.63, 3.8) is 0 Å². The van der Waals surface area contributed by atoms with E-state index in [0.717, 1.165) is 0 Å². The van der Waals surface area contributed by atoms with E-state index >= 15 is 43.9 Å². The molecule has 1 saturated heterocycles. The van der Waals surface area contributed by atoms with Crippen molar-refractivity contribution >= 4 is 0 Å². The van der Waals surface area contributed by atoms with Crippen molar-refractivity contribution in [3.05, 3.63) is 34.4 Å². The maximum Gasteiger partial charge on any atom is 0.576 e. The van der Waals surface area contributed by atoms with E-state index in [2.05, 4.69) is 9.68 Å². The lowest BCUT2D eigenvalue weighted by Gasteiger charge is -2.67. The van der Waals surface area contributed by atoms with Crippen LogP contribution in [0.25, 0.3) is 0 Å². The quantitative estimate of drug-likeness (QED) is 0.182. The number of likely N-dealkylation sites (tertiary alicyclic amines) is 1. The first-order valence-electron chi connectivity index (χ1n) is 10.2. The van der Waals surface area contributed by atoms with Crippen LogP contribution >= 0.6 is 0 Å².